The fourth-order valence-electron chi connectivity index (χ4n) is 1.60. The van der Waals surface area contributed by atoms with E-state index in [4.69, 9.17) is 4.42 Å². The summed E-state index contributed by atoms with van der Waals surface area (Å²) in [4.78, 5) is 0. The topological polar surface area (TPSA) is 25.2 Å². The van der Waals surface area contributed by atoms with E-state index in [-0.39, 0.29) is 6.04 Å². The maximum atomic E-state index is 5.43. The van der Waals surface area contributed by atoms with Gasteiger partial charge in [0.25, 0.3) is 0 Å². The van der Waals surface area contributed by atoms with E-state index < -0.39 is 0 Å². The van der Waals surface area contributed by atoms with Gasteiger partial charge in [0.1, 0.15) is 5.76 Å². The third-order valence-electron chi connectivity index (χ3n) is 3.05. The summed E-state index contributed by atoms with van der Waals surface area (Å²) >= 11 is 3.48. The molecule has 1 rings (SSSR count). The second kappa shape index (κ2) is 5.71. The van der Waals surface area contributed by atoms with E-state index in [0.717, 1.165) is 10.2 Å². The molecule has 0 spiro atoms. The Kier molecular flexibility index (Phi) is 4.87. The first-order valence-corrected chi connectivity index (χ1v) is 6.34. The summed E-state index contributed by atoms with van der Waals surface area (Å²) in [7, 11) is 0. The van der Waals surface area contributed by atoms with E-state index in [0.29, 0.717) is 12.0 Å². The van der Waals surface area contributed by atoms with Crippen molar-refractivity contribution in [3.63, 3.8) is 0 Å². The molecule has 1 aromatic heterocycles. The minimum absolute atomic E-state index is 0.248. The molecule has 0 radical (unpaired) electrons. The van der Waals surface area contributed by atoms with Crippen LogP contribution >= 0.6 is 15.9 Å². The van der Waals surface area contributed by atoms with Crippen LogP contribution in [0.1, 0.15) is 45.9 Å². The molecule has 3 heteroatoms. The quantitative estimate of drug-likeness (QED) is 0.873. The van der Waals surface area contributed by atoms with Crippen LogP contribution in [0, 0.1) is 5.92 Å². The number of hydrogen-bond donors (Lipinski definition) is 1. The summed E-state index contributed by atoms with van der Waals surface area (Å²) in [5, 5.41) is 3.55. The summed E-state index contributed by atoms with van der Waals surface area (Å²) in [5.74, 6) is 1.66. The summed E-state index contributed by atoms with van der Waals surface area (Å²) < 4.78 is 6.47. The van der Waals surface area contributed by atoms with Gasteiger partial charge in [0.15, 0.2) is 0 Å². The molecule has 0 saturated carbocycles. The van der Waals surface area contributed by atoms with Crippen molar-refractivity contribution in [2.45, 2.75) is 46.2 Å². The van der Waals surface area contributed by atoms with Crippen LogP contribution in [-0.4, -0.2) is 6.04 Å². The number of furan rings is 1. The Hall–Kier alpha value is -0.280. The molecular formula is C12H20BrNO. The van der Waals surface area contributed by atoms with Gasteiger partial charge >= 0.3 is 0 Å². The molecule has 0 aliphatic carbocycles. The average Bonchev–Trinajstić information content (AvgIpc) is 2.63. The third-order valence-corrected chi connectivity index (χ3v) is 3.70. The van der Waals surface area contributed by atoms with Crippen LogP contribution in [0.5, 0.6) is 0 Å². The van der Waals surface area contributed by atoms with Gasteiger partial charge in [0, 0.05) is 6.04 Å². The zero-order chi connectivity index (χ0) is 11.4. The number of hydrogen-bond acceptors (Lipinski definition) is 2. The highest BCUT2D eigenvalue weighted by Gasteiger charge is 2.17. The van der Waals surface area contributed by atoms with Crippen molar-refractivity contribution in [3.05, 3.63) is 22.6 Å². The van der Waals surface area contributed by atoms with E-state index in [2.05, 4.69) is 48.9 Å². The van der Waals surface area contributed by atoms with Crippen molar-refractivity contribution in [2.75, 3.05) is 0 Å². The Balaban J connectivity index is 2.56. The molecule has 0 saturated heterocycles. The predicted octanol–water partition coefficient (Wildman–Crippen LogP) is 4.13. The molecule has 0 fully saturated rings. The van der Waals surface area contributed by atoms with E-state index in [9.17, 15) is 0 Å². The second-order valence-corrected chi connectivity index (χ2v) is 5.05. The van der Waals surface area contributed by atoms with E-state index in [1.165, 1.54) is 6.42 Å². The molecule has 0 amide bonds. The number of halogens is 1. The first-order chi connectivity index (χ1) is 7.06. The van der Waals surface area contributed by atoms with Crippen molar-refractivity contribution < 1.29 is 4.42 Å². The summed E-state index contributed by atoms with van der Waals surface area (Å²) in [5.41, 5.74) is 0. The first kappa shape index (κ1) is 12.8. The smallest absolute Gasteiger partial charge is 0.134 e. The van der Waals surface area contributed by atoms with Crippen molar-refractivity contribution in [1.82, 2.24) is 5.32 Å². The Morgan fingerprint density at radius 1 is 1.40 bits per heavy atom. The molecule has 3 atom stereocenters. The lowest BCUT2D eigenvalue weighted by Crippen LogP contribution is -2.33. The highest BCUT2D eigenvalue weighted by molar-refractivity contribution is 9.10. The van der Waals surface area contributed by atoms with E-state index >= 15 is 0 Å². The van der Waals surface area contributed by atoms with Crippen LogP contribution in [0.2, 0.25) is 0 Å². The molecule has 1 aromatic rings. The van der Waals surface area contributed by atoms with Gasteiger partial charge in [0.05, 0.1) is 16.8 Å². The molecule has 0 bridgehead atoms. The van der Waals surface area contributed by atoms with Gasteiger partial charge in [-0.1, -0.05) is 20.3 Å². The van der Waals surface area contributed by atoms with Crippen LogP contribution in [0.25, 0.3) is 0 Å². The molecule has 0 aliphatic rings. The molecule has 3 unspecified atom stereocenters. The van der Waals surface area contributed by atoms with Gasteiger partial charge in [-0.25, -0.2) is 0 Å². The van der Waals surface area contributed by atoms with Crippen molar-refractivity contribution in [1.29, 1.82) is 0 Å². The van der Waals surface area contributed by atoms with Crippen LogP contribution in [0.15, 0.2) is 21.2 Å². The van der Waals surface area contributed by atoms with Crippen LogP contribution in [-0.2, 0) is 0 Å². The van der Waals surface area contributed by atoms with Gasteiger partial charge in [-0.15, -0.1) is 0 Å². The van der Waals surface area contributed by atoms with Gasteiger partial charge in [-0.3, -0.25) is 0 Å². The minimum Gasteiger partial charge on any atom is -0.466 e. The second-order valence-electron chi connectivity index (χ2n) is 4.20. The van der Waals surface area contributed by atoms with Crippen LogP contribution in [0.3, 0.4) is 0 Å². The predicted molar refractivity (Wildman–Crippen MR) is 66.9 cm³/mol. The fourth-order valence-corrected chi connectivity index (χ4v) is 2.15. The highest BCUT2D eigenvalue weighted by Crippen LogP contribution is 2.25. The van der Waals surface area contributed by atoms with Gasteiger partial charge in [0.2, 0.25) is 0 Å². The van der Waals surface area contributed by atoms with Gasteiger partial charge in [-0.05, 0) is 41.8 Å². The van der Waals surface area contributed by atoms with Crippen LogP contribution in [0.4, 0.5) is 0 Å². The lowest BCUT2D eigenvalue weighted by atomic mass is 10.00. The lowest BCUT2D eigenvalue weighted by Gasteiger charge is -2.23. The fraction of sp³-hybridized carbons (Fsp3) is 0.667. The number of rotatable bonds is 5. The van der Waals surface area contributed by atoms with Crippen molar-refractivity contribution in [3.8, 4) is 0 Å². The SMILES string of the molecule is CCC(C)C(C)NC(C)c1occc1Br. The Morgan fingerprint density at radius 2 is 2.07 bits per heavy atom. The average molecular weight is 274 g/mol. The normalized spacial score (nSPS) is 17.4. The molecule has 0 aromatic carbocycles. The lowest BCUT2D eigenvalue weighted by molar-refractivity contribution is 0.331. The Labute approximate surface area is 101 Å². The monoisotopic (exact) mass is 273 g/mol. The summed E-state index contributed by atoms with van der Waals surface area (Å²) in [6.45, 7) is 8.84. The third kappa shape index (κ3) is 3.35. The summed E-state index contributed by atoms with van der Waals surface area (Å²) in [6.07, 6.45) is 2.91. The largest absolute Gasteiger partial charge is 0.466 e. The minimum atomic E-state index is 0.248. The van der Waals surface area contributed by atoms with Gasteiger partial charge < -0.3 is 9.73 Å². The molecular weight excluding hydrogens is 254 g/mol. The van der Waals surface area contributed by atoms with E-state index in [1.54, 1.807) is 6.26 Å². The zero-order valence-corrected chi connectivity index (χ0v) is 11.5. The van der Waals surface area contributed by atoms with Crippen LogP contribution < -0.4 is 5.32 Å². The molecule has 0 aliphatic heterocycles. The Bertz CT molecular complexity index is 298. The van der Waals surface area contributed by atoms with Crippen molar-refractivity contribution in [2.24, 2.45) is 5.92 Å². The van der Waals surface area contributed by atoms with E-state index in [1.807, 2.05) is 6.07 Å². The highest BCUT2D eigenvalue weighted by atomic mass is 79.9. The molecule has 1 N–H and O–H groups in total. The maximum Gasteiger partial charge on any atom is 0.134 e. The van der Waals surface area contributed by atoms with Gasteiger partial charge in [-0.2, -0.15) is 0 Å². The molecule has 1 heterocycles. The summed E-state index contributed by atoms with van der Waals surface area (Å²) in [6, 6.07) is 2.68. The zero-order valence-electron chi connectivity index (χ0n) is 9.88. The number of nitrogens with one attached hydrogen (secondary N) is 1. The molecule has 2 nitrogen and oxygen atoms in total. The first-order valence-electron chi connectivity index (χ1n) is 5.55. The molecule has 86 valence electrons. The van der Waals surface area contributed by atoms with Crippen molar-refractivity contribution >= 4 is 15.9 Å². The standard InChI is InChI=1S/C12H20BrNO/c1-5-8(2)9(3)14-10(4)12-11(13)6-7-15-12/h6-10,14H,5H2,1-4H3. The molecule has 15 heavy (non-hydrogen) atoms. The maximum absolute atomic E-state index is 5.43. The Morgan fingerprint density at radius 3 is 2.53 bits per heavy atom.